The van der Waals surface area contributed by atoms with Crippen LogP contribution in [-0.2, 0) is 6.54 Å². The van der Waals surface area contributed by atoms with E-state index in [-0.39, 0.29) is 17.9 Å². The third-order valence-electron chi connectivity index (χ3n) is 6.02. The van der Waals surface area contributed by atoms with Gasteiger partial charge in [-0.1, -0.05) is 66.2 Å². The van der Waals surface area contributed by atoms with Gasteiger partial charge in [0.05, 0.1) is 12.1 Å². The Morgan fingerprint density at radius 3 is 2.50 bits per heavy atom. The van der Waals surface area contributed by atoms with Crippen molar-refractivity contribution < 1.29 is 4.39 Å². The maximum atomic E-state index is 14.3. The summed E-state index contributed by atoms with van der Waals surface area (Å²) in [7, 11) is 0. The van der Waals surface area contributed by atoms with Crippen LogP contribution in [-0.4, -0.2) is 6.54 Å². The summed E-state index contributed by atoms with van der Waals surface area (Å²) in [6.07, 6.45) is 0. The van der Waals surface area contributed by atoms with Gasteiger partial charge in [0, 0.05) is 30.3 Å². The lowest BCUT2D eigenvalue weighted by atomic mass is 9.81. The Bertz CT molecular complexity index is 988. The number of fused-ring (bicyclic) bond motifs is 3. The summed E-state index contributed by atoms with van der Waals surface area (Å²) >= 11 is 0. The summed E-state index contributed by atoms with van der Waals surface area (Å²) in [5, 5.41) is 0. The molecule has 0 spiro atoms. The molecular weight excluding hydrogens is 349 g/mol. The van der Waals surface area contributed by atoms with Gasteiger partial charge in [-0.15, -0.1) is 0 Å². The summed E-state index contributed by atoms with van der Waals surface area (Å²) in [5.41, 5.74) is 12.8. The zero-order valence-electron chi connectivity index (χ0n) is 15.9. The molecule has 28 heavy (non-hydrogen) atoms. The van der Waals surface area contributed by atoms with Gasteiger partial charge in [-0.3, -0.25) is 0 Å². The Labute approximate surface area is 165 Å². The molecule has 4 heteroatoms. The topological polar surface area (TPSA) is 27.3 Å². The van der Waals surface area contributed by atoms with E-state index in [1.807, 2.05) is 18.2 Å². The molecular formula is C24H24FN3. The molecule has 2 aliphatic heterocycles. The largest absolute Gasteiger partial charge is 0.366 e. The van der Waals surface area contributed by atoms with Gasteiger partial charge in [0.2, 0.25) is 0 Å². The smallest absolute Gasteiger partial charge is 0.128 e. The number of anilines is 1. The average Bonchev–Trinajstić information content (AvgIpc) is 3.14. The Morgan fingerprint density at radius 2 is 1.68 bits per heavy atom. The highest BCUT2D eigenvalue weighted by Crippen LogP contribution is 2.45. The van der Waals surface area contributed by atoms with E-state index < -0.39 is 0 Å². The van der Waals surface area contributed by atoms with Crippen molar-refractivity contribution in [1.82, 2.24) is 10.9 Å². The van der Waals surface area contributed by atoms with Crippen LogP contribution in [0, 0.1) is 18.7 Å². The fourth-order valence-electron chi connectivity index (χ4n) is 4.64. The summed E-state index contributed by atoms with van der Waals surface area (Å²) in [6.45, 7) is 3.57. The molecule has 0 bridgehead atoms. The zero-order valence-corrected chi connectivity index (χ0v) is 15.9. The third kappa shape index (κ3) is 2.99. The predicted octanol–water partition coefficient (Wildman–Crippen LogP) is 4.66. The van der Waals surface area contributed by atoms with E-state index in [0.717, 1.165) is 12.1 Å². The first-order valence-electron chi connectivity index (χ1n) is 9.85. The zero-order chi connectivity index (χ0) is 19.1. The van der Waals surface area contributed by atoms with Crippen molar-refractivity contribution in [3.63, 3.8) is 0 Å². The first-order valence-corrected chi connectivity index (χ1v) is 9.85. The van der Waals surface area contributed by atoms with Gasteiger partial charge in [-0.05, 0) is 30.2 Å². The van der Waals surface area contributed by atoms with Gasteiger partial charge in [0.1, 0.15) is 5.82 Å². The number of rotatable bonds is 3. The van der Waals surface area contributed by atoms with Gasteiger partial charge < -0.3 is 4.90 Å². The van der Waals surface area contributed by atoms with E-state index in [0.29, 0.717) is 12.5 Å². The lowest BCUT2D eigenvalue weighted by molar-refractivity contribution is 0.401. The van der Waals surface area contributed by atoms with Gasteiger partial charge in [0.25, 0.3) is 0 Å². The summed E-state index contributed by atoms with van der Waals surface area (Å²) in [4.78, 5) is 2.33. The summed E-state index contributed by atoms with van der Waals surface area (Å²) < 4.78 is 14.3. The van der Waals surface area contributed by atoms with Crippen LogP contribution < -0.4 is 15.8 Å². The van der Waals surface area contributed by atoms with Crippen molar-refractivity contribution in [3.05, 3.63) is 101 Å². The quantitative estimate of drug-likeness (QED) is 0.699. The predicted molar refractivity (Wildman–Crippen MR) is 110 cm³/mol. The molecule has 0 radical (unpaired) electrons. The summed E-state index contributed by atoms with van der Waals surface area (Å²) in [6, 6.07) is 24.7. The van der Waals surface area contributed by atoms with Crippen LogP contribution in [0.25, 0.3) is 0 Å². The first-order chi connectivity index (χ1) is 13.7. The molecule has 3 nitrogen and oxygen atoms in total. The molecule has 3 aromatic rings. The van der Waals surface area contributed by atoms with Crippen LogP contribution >= 0.6 is 0 Å². The van der Waals surface area contributed by atoms with Gasteiger partial charge in [-0.2, -0.15) is 0 Å². The fourth-order valence-corrected chi connectivity index (χ4v) is 4.64. The maximum Gasteiger partial charge on any atom is 0.128 e. The number of aryl methyl sites for hydroxylation is 1. The SMILES string of the molecule is Cc1ccc2c(c1)C1NNC(c3ccccc3)C1CN2Cc1ccccc1F. The second kappa shape index (κ2) is 7.04. The van der Waals surface area contributed by atoms with Crippen LogP contribution in [0.1, 0.15) is 34.3 Å². The molecule has 0 aliphatic carbocycles. The fraction of sp³-hybridized carbons (Fsp3) is 0.250. The van der Waals surface area contributed by atoms with Crippen LogP contribution in [0.15, 0.2) is 72.8 Å². The molecule has 3 aromatic carbocycles. The first kappa shape index (κ1) is 17.4. The van der Waals surface area contributed by atoms with Gasteiger partial charge >= 0.3 is 0 Å². The molecule has 5 rings (SSSR count). The monoisotopic (exact) mass is 373 g/mol. The number of nitrogens with zero attached hydrogens (tertiary/aromatic N) is 1. The third-order valence-corrected chi connectivity index (χ3v) is 6.02. The number of halogens is 1. The Hall–Kier alpha value is -2.69. The number of nitrogens with one attached hydrogen (secondary N) is 2. The maximum absolute atomic E-state index is 14.3. The normalized spacial score (nSPS) is 23.4. The number of hydrogen-bond donors (Lipinski definition) is 2. The van der Waals surface area contributed by atoms with E-state index >= 15 is 0 Å². The molecule has 0 aromatic heterocycles. The molecule has 2 N–H and O–H groups in total. The Kier molecular flexibility index (Phi) is 4.38. The van der Waals surface area contributed by atoms with E-state index in [9.17, 15) is 4.39 Å². The van der Waals surface area contributed by atoms with Crippen LogP contribution in [0.2, 0.25) is 0 Å². The molecule has 1 saturated heterocycles. The van der Waals surface area contributed by atoms with Crippen molar-refractivity contribution in [1.29, 1.82) is 0 Å². The molecule has 142 valence electrons. The molecule has 3 atom stereocenters. The highest BCUT2D eigenvalue weighted by atomic mass is 19.1. The van der Waals surface area contributed by atoms with Crippen molar-refractivity contribution in [2.75, 3.05) is 11.4 Å². The number of hydrogen-bond acceptors (Lipinski definition) is 3. The highest BCUT2D eigenvalue weighted by Gasteiger charge is 2.43. The van der Waals surface area contributed by atoms with Crippen molar-refractivity contribution in [3.8, 4) is 0 Å². The molecule has 3 unspecified atom stereocenters. The average molecular weight is 373 g/mol. The minimum Gasteiger partial charge on any atom is -0.366 e. The van der Waals surface area contributed by atoms with Crippen molar-refractivity contribution in [2.45, 2.75) is 25.6 Å². The molecule has 2 heterocycles. The van der Waals surface area contributed by atoms with Crippen molar-refractivity contribution >= 4 is 5.69 Å². The van der Waals surface area contributed by atoms with Gasteiger partial charge in [0.15, 0.2) is 0 Å². The second-order valence-corrected chi connectivity index (χ2v) is 7.85. The van der Waals surface area contributed by atoms with E-state index in [1.54, 1.807) is 12.1 Å². The van der Waals surface area contributed by atoms with Crippen LogP contribution in [0.5, 0.6) is 0 Å². The highest BCUT2D eigenvalue weighted by molar-refractivity contribution is 5.59. The van der Waals surface area contributed by atoms with E-state index in [4.69, 9.17) is 0 Å². The second-order valence-electron chi connectivity index (χ2n) is 7.85. The lowest BCUT2D eigenvalue weighted by Gasteiger charge is -2.39. The minimum atomic E-state index is -0.138. The molecule has 0 amide bonds. The standard InChI is InChI=1S/C24H24FN3/c1-16-11-12-22-19(13-16)24-20(23(26-27-24)17-7-3-2-4-8-17)15-28(22)14-18-9-5-6-10-21(18)25/h2-13,20,23-24,26-27H,14-15H2,1H3. The molecule has 0 saturated carbocycles. The molecule has 2 aliphatic rings. The lowest BCUT2D eigenvalue weighted by Crippen LogP contribution is -2.39. The minimum absolute atomic E-state index is 0.138. The number of hydrazine groups is 1. The summed E-state index contributed by atoms with van der Waals surface area (Å²) in [5.74, 6) is 0.226. The van der Waals surface area contributed by atoms with Crippen LogP contribution in [0.3, 0.4) is 0 Å². The van der Waals surface area contributed by atoms with E-state index in [1.165, 1.54) is 22.4 Å². The number of benzene rings is 3. The molecule has 1 fully saturated rings. The van der Waals surface area contributed by atoms with Crippen molar-refractivity contribution in [2.24, 2.45) is 5.92 Å². The Morgan fingerprint density at radius 1 is 0.929 bits per heavy atom. The van der Waals surface area contributed by atoms with Crippen LogP contribution in [0.4, 0.5) is 10.1 Å². The van der Waals surface area contributed by atoms with E-state index in [2.05, 4.69) is 65.1 Å². The Balaban J connectivity index is 1.54. The van der Waals surface area contributed by atoms with Gasteiger partial charge in [-0.25, -0.2) is 15.2 Å².